The van der Waals surface area contributed by atoms with Crippen molar-refractivity contribution in [3.8, 4) is 11.5 Å². The van der Waals surface area contributed by atoms with Crippen molar-refractivity contribution in [3.63, 3.8) is 0 Å². The van der Waals surface area contributed by atoms with Crippen LogP contribution in [0.25, 0.3) is 0 Å². The normalized spacial score (nSPS) is 22.8. The average Bonchev–Trinajstić information content (AvgIpc) is 3.24. The Morgan fingerprint density at radius 2 is 1.48 bits per heavy atom. The zero-order valence-corrected chi connectivity index (χ0v) is 13.8. The highest BCUT2D eigenvalue weighted by atomic mass is 16.6. The largest absolute Gasteiger partial charge is 0.462 e. The Morgan fingerprint density at radius 1 is 0.800 bits per heavy atom. The zero-order chi connectivity index (χ0) is 16.9. The average molecular weight is 330 g/mol. The summed E-state index contributed by atoms with van der Waals surface area (Å²) in [7, 11) is 0. The topological polar surface area (TPSA) is 42.5 Å². The lowest BCUT2D eigenvalue weighted by molar-refractivity contribution is 0.0111. The van der Waals surface area contributed by atoms with Crippen LogP contribution in [-0.4, -0.2) is 6.23 Å². The van der Waals surface area contributed by atoms with E-state index in [0.29, 0.717) is 0 Å². The van der Waals surface area contributed by atoms with Gasteiger partial charge in [0, 0.05) is 5.56 Å². The van der Waals surface area contributed by atoms with Crippen molar-refractivity contribution in [2.24, 2.45) is 0 Å². The standard InChI is InChI=1S/C21H18N2O2/c1-14-10-12-15(13-11-14)21(23-17-7-3-5-9-19(17)25-21)20-22-16-6-2-4-8-18(16)24-20/h2-13,20,22-23H,1H3. The molecule has 3 aromatic carbocycles. The van der Waals surface area contributed by atoms with E-state index in [4.69, 9.17) is 9.47 Å². The third-order valence-corrected chi connectivity index (χ3v) is 4.75. The van der Waals surface area contributed by atoms with Crippen LogP contribution in [0, 0.1) is 6.92 Å². The summed E-state index contributed by atoms with van der Waals surface area (Å²) in [5.74, 6) is 1.66. The molecule has 25 heavy (non-hydrogen) atoms. The van der Waals surface area contributed by atoms with Gasteiger partial charge in [0.15, 0.2) is 0 Å². The molecule has 2 unspecified atom stereocenters. The predicted octanol–water partition coefficient (Wildman–Crippen LogP) is 4.48. The number of ether oxygens (including phenoxy) is 2. The van der Waals surface area contributed by atoms with Crippen LogP contribution in [-0.2, 0) is 5.72 Å². The van der Waals surface area contributed by atoms with Crippen LogP contribution in [0.4, 0.5) is 11.4 Å². The fourth-order valence-electron chi connectivity index (χ4n) is 3.43. The molecule has 0 bridgehead atoms. The second kappa shape index (κ2) is 5.18. The first-order valence-corrected chi connectivity index (χ1v) is 8.40. The molecule has 4 heteroatoms. The summed E-state index contributed by atoms with van der Waals surface area (Å²) in [4.78, 5) is 0. The molecule has 2 N–H and O–H groups in total. The van der Waals surface area contributed by atoms with E-state index >= 15 is 0 Å². The number of nitrogens with one attached hydrogen (secondary N) is 2. The van der Waals surface area contributed by atoms with Gasteiger partial charge in [-0.25, -0.2) is 0 Å². The highest BCUT2D eigenvalue weighted by Gasteiger charge is 2.51. The van der Waals surface area contributed by atoms with E-state index in [0.717, 1.165) is 28.4 Å². The van der Waals surface area contributed by atoms with Crippen LogP contribution in [0.1, 0.15) is 11.1 Å². The van der Waals surface area contributed by atoms with Crippen molar-refractivity contribution in [1.29, 1.82) is 0 Å². The van der Waals surface area contributed by atoms with Gasteiger partial charge in [-0.1, -0.05) is 54.1 Å². The lowest BCUT2D eigenvalue weighted by atomic mass is 9.99. The van der Waals surface area contributed by atoms with Gasteiger partial charge >= 0.3 is 0 Å². The van der Waals surface area contributed by atoms with Crippen molar-refractivity contribution in [2.75, 3.05) is 10.6 Å². The maximum absolute atomic E-state index is 6.44. The Balaban J connectivity index is 1.60. The molecule has 2 aliphatic rings. The molecule has 0 spiro atoms. The molecule has 0 radical (unpaired) electrons. The monoisotopic (exact) mass is 330 g/mol. The molecule has 124 valence electrons. The summed E-state index contributed by atoms with van der Waals surface area (Å²) < 4.78 is 12.6. The summed E-state index contributed by atoms with van der Waals surface area (Å²) in [6.45, 7) is 2.08. The quantitative estimate of drug-likeness (QED) is 0.727. The molecule has 0 saturated carbocycles. The summed E-state index contributed by atoms with van der Waals surface area (Å²) in [5.41, 5.74) is 3.32. The molecule has 2 heterocycles. The first-order chi connectivity index (χ1) is 12.2. The molecule has 4 nitrogen and oxygen atoms in total. The van der Waals surface area contributed by atoms with Crippen LogP contribution in [0.5, 0.6) is 11.5 Å². The molecule has 0 fully saturated rings. The number of benzene rings is 3. The van der Waals surface area contributed by atoms with Gasteiger partial charge < -0.3 is 20.1 Å². The van der Waals surface area contributed by atoms with Crippen molar-refractivity contribution in [2.45, 2.75) is 18.9 Å². The number of fused-ring (bicyclic) bond motifs is 2. The van der Waals surface area contributed by atoms with E-state index in [1.54, 1.807) is 0 Å². The van der Waals surface area contributed by atoms with Gasteiger partial charge in [0.1, 0.15) is 11.5 Å². The number of rotatable bonds is 2. The van der Waals surface area contributed by atoms with E-state index in [1.165, 1.54) is 5.56 Å². The Bertz CT molecular complexity index is 887. The lowest BCUT2D eigenvalue weighted by Crippen LogP contribution is -2.53. The Labute approximate surface area is 146 Å². The minimum absolute atomic E-state index is 0.389. The maximum Gasteiger partial charge on any atom is 0.263 e. The van der Waals surface area contributed by atoms with Gasteiger partial charge in [-0.3, -0.25) is 0 Å². The summed E-state index contributed by atoms with van der Waals surface area (Å²) in [6, 6.07) is 24.3. The van der Waals surface area contributed by atoms with Gasteiger partial charge in [-0.05, 0) is 31.2 Å². The number of para-hydroxylation sites is 4. The lowest BCUT2D eigenvalue weighted by Gasteiger charge is -2.34. The fraction of sp³-hybridized carbons (Fsp3) is 0.143. The van der Waals surface area contributed by atoms with Gasteiger partial charge in [0.2, 0.25) is 6.23 Å². The maximum atomic E-state index is 6.44. The molecule has 2 atom stereocenters. The Kier molecular flexibility index (Phi) is 2.95. The number of hydrogen-bond acceptors (Lipinski definition) is 4. The van der Waals surface area contributed by atoms with E-state index in [1.807, 2.05) is 48.5 Å². The number of hydrogen-bond donors (Lipinski definition) is 2. The molecule has 0 aliphatic carbocycles. The van der Waals surface area contributed by atoms with Crippen LogP contribution >= 0.6 is 0 Å². The predicted molar refractivity (Wildman–Crippen MR) is 98.0 cm³/mol. The van der Waals surface area contributed by atoms with Gasteiger partial charge in [-0.2, -0.15) is 0 Å². The minimum atomic E-state index is -0.837. The first-order valence-electron chi connectivity index (χ1n) is 8.40. The smallest absolute Gasteiger partial charge is 0.263 e. The Morgan fingerprint density at radius 3 is 2.20 bits per heavy atom. The summed E-state index contributed by atoms with van der Waals surface area (Å²) in [6.07, 6.45) is -0.389. The highest BCUT2D eigenvalue weighted by Crippen LogP contribution is 2.47. The SMILES string of the molecule is Cc1ccc(C2(C3Nc4ccccc4O3)Nc3ccccc3O2)cc1. The summed E-state index contributed by atoms with van der Waals surface area (Å²) >= 11 is 0. The Hall–Kier alpha value is -3.14. The molecule has 3 aromatic rings. The molecule has 0 amide bonds. The van der Waals surface area contributed by atoms with Crippen molar-refractivity contribution < 1.29 is 9.47 Å². The van der Waals surface area contributed by atoms with Crippen LogP contribution in [0.3, 0.4) is 0 Å². The van der Waals surface area contributed by atoms with E-state index in [9.17, 15) is 0 Å². The molecule has 2 aliphatic heterocycles. The fourth-order valence-corrected chi connectivity index (χ4v) is 3.43. The first kappa shape index (κ1) is 14.2. The van der Waals surface area contributed by atoms with Gasteiger partial charge in [0.05, 0.1) is 11.4 Å². The van der Waals surface area contributed by atoms with Crippen molar-refractivity contribution in [3.05, 3.63) is 83.9 Å². The van der Waals surface area contributed by atoms with Crippen molar-refractivity contribution >= 4 is 11.4 Å². The molecule has 5 rings (SSSR count). The van der Waals surface area contributed by atoms with Crippen LogP contribution in [0.2, 0.25) is 0 Å². The zero-order valence-electron chi connectivity index (χ0n) is 13.8. The van der Waals surface area contributed by atoms with Crippen molar-refractivity contribution in [1.82, 2.24) is 0 Å². The molecular weight excluding hydrogens is 312 g/mol. The second-order valence-corrected chi connectivity index (χ2v) is 6.46. The van der Waals surface area contributed by atoms with Crippen LogP contribution < -0.4 is 20.1 Å². The third-order valence-electron chi connectivity index (χ3n) is 4.75. The second-order valence-electron chi connectivity index (χ2n) is 6.46. The number of aryl methyl sites for hydroxylation is 1. The number of anilines is 2. The highest BCUT2D eigenvalue weighted by molar-refractivity contribution is 5.66. The molecular formula is C21H18N2O2. The van der Waals surface area contributed by atoms with Crippen LogP contribution in [0.15, 0.2) is 72.8 Å². The van der Waals surface area contributed by atoms with E-state index in [-0.39, 0.29) is 6.23 Å². The van der Waals surface area contributed by atoms with Gasteiger partial charge in [0.25, 0.3) is 5.72 Å². The summed E-state index contributed by atoms with van der Waals surface area (Å²) in [5, 5.41) is 7.01. The molecule has 0 aromatic heterocycles. The van der Waals surface area contributed by atoms with Gasteiger partial charge in [-0.15, -0.1) is 0 Å². The minimum Gasteiger partial charge on any atom is -0.462 e. The van der Waals surface area contributed by atoms with E-state index < -0.39 is 5.72 Å². The third kappa shape index (κ3) is 2.14. The molecule has 0 saturated heterocycles. The van der Waals surface area contributed by atoms with E-state index in [2.05, 4.69) is 41.8 Å².